The molecule has 0 saturated carbocycles. The molecule has 0 aliphatic heterocycles. The smallest absolute Gasteiger partial charge is 0.257 e. The van der Waals surface area contributed by atoms with E-state index in [1.165, 1.54) is 18.3 Å². The predicted octanol–water partition coefficient (Wildman–Crippen LogP) is 3.29. The number of nitrogens with zero attached hydrogens (tertiary/aromatic N) is 1. The van der Waals surface area contributed by atoms with Gasteiger partial charge in [0.25, 0.3) is 5.91 Å². The number of benzene rings is 1. The van der Waals surface area contributed by atoms with Crippen LogP contribution in [0.1, 0.15) is 24.2 Å². The molecule has 2 N–H and O–H groups in total. The molecule has 0 aliphatic rings. The highest BCUT2D eigenvalue weighted by molar-refractivity contribution is 6.04. The molecule has 0 saturated heterocycles. The third-order valence-corrected chi connectivity index (χ3v) is 2.54. The number of nitrogens with one attached hydrogen (secondary N) is 2. The Hall–Kier alpha value is -2.43. The van der Waals surface area contributed by atoms with E-state index in [-0.39, 0.29) is 11.9 Å². The Labute approximate surface area is 117 Å². The second-order valence-electron chi connectivity index (χ2n) is 4.73. The van der Waals surface area contributed by atoms with Crippen LogP contribution in [0.25, 0.3) is 0 Å². The van der Waals surface area contributed by atoms with Crippen molar-refractivity contribution in [3.8, 4) is 0 Å². The lowest BCUT2D eigenvalue weighted by Gasteiger charge is -2.11. The van der Waals surface area contributed by atoms with E-state index in [2.05, 4.69) is 15.6 Å². The van der Waals surface area contributed by atoms with Crippen molar-refractivity contribution in [2.75, 3.05) is 10.6 Å². The van der Waals surface area contributed by atoms with Crippen LogP contribution in [0, 0.1) is 5.82 Å². The Bertz CT molecular complexity index is 614. The van der Waals surface area contributed by atoms with Crippen LogP contribution in [0.2, 0.25) is 0 Å². The maximum absolute atomic E-state index is 13.1. The zero-order chi connectivity index (χ0) is 14.5. The number of carbonyl (C=O) groups excluding carboxylic acids is 1. The molecule has 104 valence electrons. The number of halogens is 1. The summed E-state index contributed by atoms with van der Waals surface area (Å²) in [5, 5.41) is 5.80. The number of rotatable bonds is 4. The maximum Gasteiger partial charge on any atom is 0.257 e. The maximum atomic E-state index is 13.1. The molecule has 0 atom stereocenters. The molecular formula is C15H16FN3O. The molecule has 1 amide bonds. The van der Waals surface area contributed by atoms with E-state index < -0.39 is 5.82 Å². The van der Waals surface area contributed by atoms with Gasteiger partial charge in [0.2, 0.25) is 0 Å². The number of anilines is 2. The second kappa shape index (κ2) is 6.14. The Balaban J connectivity index is 2.13. The molecule has 0 spiro atoms. The first-order chi connectivity index (χ1) is 9.54. The van der Waals surface area contributed by atoms with Crippen molar-refractivity contribution < 1.29 is 9.18 Å². The standard InChI is InChI=1S/C15H16FN3O/c1-10(2)18-14-6-11(8-17-9-14)15(20)19-13-5-3-4-12(16)7-13/h3-10,18H,1-2H3,(H,19,20). The van der Waals surface area contributed by atoms with Crippen molar-refractivity contribution in [2.24, 2.45) is 0 Å². The van der Waals surface area contributed by atoms with Gasteiger partial charge in [0, 0.05) is 24.1 Å². The zero-order valence-electron chi connectivity index (χ0n) is 11.4. The molecule has 1 aromatic heterocycles. The summed E-state index contributed by atoms with van der Waals surface area (Å²) in [5.74, 6) is -0.716. The largest absolute Gasteiger partial charge is 0.382 e. The number of pyridine rings is 1. The summed E-state index contributed by atoms with van der Waals surface area (Å²) in [4.78, 5) is 16.1. The third-order valence-electron chi connectivity index (χ3n) is 2.54. The van der Waals surface area contributed by atoms with Gasteiger partial charge in [-0.05, 0) is 38.1 Å². The summed E-state index contributed by atoms with van der Waals surface area (Å²) in [7, 11) is 0. The van der Waals surface area contributed by atoms with Crippen molar-refractivity contribution in [1.29, 1.82) is 0 Å². The van der Waals surface area contributed by atoms with Crippen molar-refractivity contribution in [3.63, 3.8) is 0 Å². The number of hydrogen-bond donors (Lipinski definition) is 2. The van der Waals surface area contributed by atoms with E-state index in [0.717, 1.165) is 5.69 Å². The molecule has 0 bridgehead atoms. The van der Waals surface area contributed by atoms with Crippen LogP contribution in [0.4, 0.5) is 15.8 Å². The number of hydrogen-bond acceptors (Lipinski definition) is 3. The summed E-state index contributed by atoms with van der Waals surface area (Å²) in [6, 6.07) is 7.72. The lowest BCUT2D eigenvalue weighted by molar-refractivity contribution is 0.102. The minimum absolute atomic E-state index is 0.248. The minimum atomic E-state index is -0.392. The molecule has 0 radical (unpaired) electrons. The third kappa shape index (κ3) is 3.78. The van der Waals surface area contributed by atoms with Crippen LogP contribution >= 0.6 is 0 Å². The molecule has 1 aromatic carbocycles. The van der Waals surface area contributed by atoms with Gasteiger partial charge in [-0.3, -0.25) is 9.78 Å². The van der Waals surface area contributed by atoms with Crippen LogP contribution in [0.3, 0.4) is 0 Å². The van der Waals surface area contributed by atoms with Gasteiger partial charge in [0.1, 0.15) is 5.82 Å². The predicted molar refractivity (Wildman–Crippen MR) is 77.3 cm³/mol. The fourth-order valence-corrected chi connectivity index (χ4v) is 1.75. The number of amides is 1. The fraction of sp³-hybridized carbons (Fsp3) is 0.200. The van der Waals surface area contributed by atoms with Crippen LogP contribution < -0.4 is 10.6 Å². The quantitative estimate of drug-likeness (QED) is 0.898. The van der Waals surface area contributed by atoms with Gasteiger partial charge < -0.3 is 10.6 Å². The van der Waals surface area contributed by atoms with Crippen molar-refractivity contribution >= 4 is 17.3 Å². The molecule has 2 aromatic rings. The summed E-state index contributed by atoms with van der Waals surface area (Å²) in [6.07, 6.45) is 3.12. The molecule has 4 nitrogen and oxygen atoms in total. The molecular weight excluding hydrogens is 257 g/mol. The zero-order valence-corrected chi connectivity index (χ0v) is 11.4. The van der Waals surface area contributed by atoms with E-state index in [1.54, 1.807) is 24.4 Å². The summed E-state index contributed by atoms with van der Waals surface area (Å²) in [6.45, 7) is 4.00. The van der Waals surface area contributed by atoms with Gasteiger partial charge in [-0.15, -0.1) is 0 Å². The number of carbonyl (C=O) groups is 1. The first-order valence-electron chi connectivity index (χ1n) is 6.33. The normalized spacial score (nSPS) is 10.4. The monoisotopic (exact) mass is 273 g/mol. The molecule has 20 heavy (non-hydrogen) atoms. The van der Waals surface area contributed by atoms with E-state index in [4.69, 9.17) is 0 Å². The Morgan fingerprint density at radius 2 is 2.00 bits per heavy atom. The lowest BCUT2D eigenvalue weighted by Crippen LogP contribution is -2.14. The van der Waals surface area contributed by atoms with Crippen molar-refractivity contribution in [2.45, 2.75) is 19.9 Å². The van der Waals surface area contributed by atoms with Gasteiger partial charge in [-0.1, -0.05) is 6.07 Å². The highest BCUT2D eigenvalue weighted by Crippen LogP contribution is 2.13. The highest BCUT2D eigenvalue weighted by atomic mass is 19.1. The lowest BCUT2D eigenvalue weighted by atomic mass is 10.2. The van der Waals surface area contributed by atoms with Crippen molar-refractivity contribution in [3.05, 3.63) is 54.1 Å². The molecule has 0 unspecified atom stereocenters. The topological polar surface area (TPSA) is 54.0 Å². The summed E-state index contributed by atoms with van der Waals surface area (Å²) in [5.41, 5.74) is 1.60. The second-order valence-corrected chi connectivity index (χ2v) is 4.73. The van der Waals surface area contributed by atoms with Gasteiger partial charge in [-0.25, -0.2) is 4.39 Å². The SMILES string of the molecule is CC(C)Nc1cncc(C(=O)Nc2cccc(F)c2)c1. The van der Waals surface area contributed by atoms with E-state index in [0.29, 0.717) is 11.3 Å². The average Bonchev–Trinajstić information content (AvgIpc) is 2.38. The van der Waals surface area contributed by atoms with E-state index in [9.17, 15) is 9.18 Å². The molecule has 5 heteroatoms. The van der Waals surface area contributed by atoms with Crippen LogP contribution in [0.15, 0.2) is 42.7 Å². The molecule has 0 aliphatic carbocycles. The number of aromatic nitrogens is 1. The Kier molecular flexibility index (Phi) is 4.30. The Morgan fingerprint density at radius 3 is 2.70 bits per heavy atom. The first-order valence-corrected chi connectivity index (χ1v) is 6.33. The van der Waals surface area contributed by atoms with Crippen LogP contribution in [-0.2, 0) is 0 Å². The minimum Gasteiger partial charge on any atom is -0.382 e. The fourth-order valence-electron chi connectivity index (χ4n) is 1.75. The van der Waals surface area contributed by atoms with Crippen LogP contribution in [-0.4, -0.2) is 16.9 Å². The van der Waals surface area contributed by atoms with Gasteiger partial charge in [-0.2, -0.15) is 0 Å². The molecule has 0 fully saturated rings. The molecule has 1 heterocycles. The van der Waals surface area contributed by atoms with Gasteiger partial charge in [0.05, 0.1) is 11.3 Å². The summed E-state index contributed by atoms with van der Waals surface area (Å²) >= 11 is 0. The molecule has 2 rings (SSSR count). The highest BCUT2D eigenvalue weighted by Gasteiger charge is 2.08. The van der Waals surface area contributed by atoms with Gasteiger partial charge in [0.15, 0.2) is 0 Å². The average molecular weight is 273 g/mol. The van der Waals surface area contributed by atoms with E-state index >= 15 is 0 Å². The Morgan fingerprint density at radius 1 is 1.20 bits per heavy atom. The summed E-state index contributed by atoms with van der Waals surface area (Å²) < 4.78 is 13.1. The van der Waals surface area contributed by atoms with Crippen molar-refractivity contribution in [1.82, 2.24) is 4.98 Å². The van der Waals surface area contributed by atoms with Gasteiger partial charge >= 0.3 is 0 Å². The van der Waals surface area contributed by atoms with Crippen LogP contribution in [0.5, 0.6) is 0 Å². The first kappa shape index (κ1) is 14.0. The van der Waals surface area contributed by atoms with E-state index in [1.807, 2.05) is 13.8 Å².